The lowest BCUT2D eigenvalue weighted by Crippen LogP contribution is -2.09. The van der Waals surface area contributed by atoms with Gasteiger partial charge in [0, 0.05) is 9.90 Å². The van der Waals surface area contributed by atoms with Gasteiger partial charge < -0.3 is 10.1 Å². The molecule has 0 spiro atoms. The summed E-state index contributed by atoms with van der Waals surface area (Å²) in [5, 5.41) is 5.20. The van der Waals surface area contributed by atoms with Gasteiger partial charge in [-0.2, -0.15) is 0 Å². The minimum absolute atomic E-state index is 0.657. The summed E-state index contributed by atoms with van der Waals surface area (Å²) >= 11 is 7.94. The second-order valence-corrected chi connectivity index (χ2v) is 7.74. The van der Waals surface area contributed by atoms with E-state index in [9.17, 15) is 0 Å². The summed E-state index contributed by atoms with van der Waals surface area (Å²) in [6.07, 6.45) is 5.06. The fraction of sp³-hybridized carbons (Fsp3) is 0.333. The Bertz CT molecular complexity index is 909. The number of ether oxygens (including phenoxy) is 1. The lowest BCUT2D eigenvalue weighted by Gasteiger charge is -2.18. The first-order valence-corrected chi connectivity index (χ1v) is 9.21. The van der Waals surface area contributed by atoms with Crippen LogP contribution in [0.5, 0.6) is 5.75 Å². The van der Waals surface area contributed by atoms with Gasteiger partial charge in [-0.15, -0.1) is 11.3 Å². The van der Waals surface area contributed by atoms with Gasteiger partial charge in [-0.1, -0.05) is 18.5 Å². The zero-order chi connectivity index (χ0) is 16.7. The van der Waals surface area contributed by atoms with Crippen LogP contribution in [0.1, 0.15) is 23.8 Å². The highest BCUT2D eigenvalue weighted by Crippen LogP contribution is 2.41. The number of nitrogens with one attached hydrogen (secondary N) is 1. The van der Waals surface area contributed by atoms with E-state index in [2.05, 4.69) is 22.2 Å². The van der Waals surface area contributed by atoms with Gasteiger partial charge in [0.1, 0.15) is 22.7 Å². The number of aromatic nitrogens is 2. The highest BCUT2D eigenvalue weighted by molar-refractivity contribution is 7.19. The lowest BCUT2D eigenvalue weighted by atomic mass is 9.89. The predicted molar refractivity (Wildman–Crippen MR) is 99.9 cm³/mol. The summed E-state index contributed by atoms with van der Waals surface area (Å²) in [7, 11) is 1.65. The Morgan fingerprint density at radius 3 is 3.04 bits per heavy atom. The number of methoxy groups -OCH3 is 1. The Morgan fingerprint density at radius 1 is 1.33 bits per heavy atom. The van der Waals surface area contributed by atoms with Crippen molar-refractivity contribution in [3.63, 3.8) is 0 Å². The molecule has 1 unspecified atom stereocenters. The van der Waals surface area contributed by atoms with Crippen LogP contribution >= 0.6 is 22.9 Å². The van der Waals surface area contributed by atoms with E-state index in [-0.39, 0.29) is 0 Å². The van der Waals surface area contributed by atoms with E-state index in [4.69, 9.17) is 16.3 Å². The minimum atomic E-state index is 0.657. The first-order chi connectivity index (χ1) is 11.7. The first kappa shape index (κ1) is 15.7. The van der Waals surface area contributed by atoms with Crippen LogP contribution in [0.3, 0.4) is 0 Å². The van der Waals surface area contributed by atoms with Crippen molar-refractivity contribution in [3.05, 3.63) is 40.0 Å². The van der Waals surface area contributed by atoms with Crippen LogP contribution in [0, 0.1) is 5.92 Å². The fourth-order valence-corrected chi connectivity index (χ4v) is 4.80. The number of hydrogen-bond donors (Lipinski definition) is 1. The highest BCUT2D eigenvalue weighted by Gasteiger charge is 2.23. The number of thiophene rings is 1. The molecule has 0 radical (unpaired) electrons. The number of rotatable bonds is 3. The van der Waals surface area contributed by atoms with Gasteiger partial charge in [-0.25, -0.2) is 9.97 Å². The molecule has 124 valence electrons. The van der Waals surface area contributed by atoms with Crippen molar-refractivity contribution >= 4 is 44.7 Å². The van der Waals surface area contributed by atoms with E-state index in [1.54, 1.807) is 24.8 Å². The average molecular weight is 360 g/mol. The number of benzene rings is 1. The molecule has 1 atom stereocenters. The summed E-state index contributed by atoms with van der Waals surface area (Å²) < 4.78 is 5.43. The molecule has 2 aromatic heterocycles. The molecule has 1 aliphatic rings. The van der Waals surface area contributed by atoms with Crippen LogP contribution in [0.25, 0.3) is 10.2 Å². The quantitative estimate of drug-likeness (QED) is 0.696. The molecule has 1 aromatic carbocycles. The second-order valence-electron chi connectivity index (χ2n) is 6.22. The van der Waals surface area contributed by atoms with Gasteiger partial charge in [0.05, 0.1) is 18.2 Å². The molecule has 0 fully saturated rings. The van der Waals surface area contributed by atoms with Crippen molar-refractivity contribution in [2.24, 2.45) is 5.92 Å². The molecular formula is C18H18ClN3OS. The lowest BCUT2D eigenvalue weighted by molar-refractivity contribution is 0.417. The summed E-state index contributed by atoms with van der Waals surface area (Å²) in [5.74, 6) is 2.31. The van der Waals surface area contributed by atoms with Crippen molar-refractivity contribution in [1.82, 2.24) is 9.97 Å². The van der Waals surface area contributed by atoms with E-state index >= 15 is 0 Å². The predicted octanol–water partition coefficient (Wildman–Crippen LogP) is 5.22. The molecule has 3 aromatic rings. The Hall–Kier alpha value is -1.85. The van der Waals surface area contributed by atoms with E-state index < -0.39 is 0 Å². The third-order valence-electron chi connectivity index (χ3n) is 4.51. The molecule has 0 bridgehead atoms. The Kier molecular flexibility index (Phi) is 4.06. The van der Waals surface area contributed by atoms with Crippen molar-refractivity contribution in [3.8, 4) is 5.75 Å². The van der Waals surface area contributed by atoms with Crippen LogP contribution in [0.4, 0.5) is 11.5 Å². The van der Waals surface area contributed by atoms with E-state index in [1.807, 2.05) is 18.2 Å². The van der Waals surface area contributed by atoms with Crippen LogP contribution in [0.2, 0.25) is 5.02 Å². The summed E-state index contributed by atoms with van der Waals surface area (Å²) in [6, 6.07) is 5.53. The maximum atomic E-state index is 6.14. The average Bonchev–Trinajstić information content (AvgIpc) is 2.93. The van der Waals surface area contributed by atoms with Crippen LogP contribution < -0.4 is 10.1 Å². The van der Waals surface area contributed by atoms with Gasteiger partial charge >= 0.3 is 0 Å². The molecule has 0 saturated heterocycles. The number of nitrogens with zero attached hydrogens (tertiary/aromatic N) is 2. The highest BCUT2D eigenvalue weighted by atomic mass is 35.5. The third-order valence-corrected chi connectivity index (χ3v) is 5.90. The molecule has 1 aliphatic carbocycles. The van der Waals surface area contributed by atoms with E-state index in [0.29, 0.717) is 5.02 Å². The molecular weight excluding hydrogens is 342 g/mol. The summed E-state index contributed by atoms with van der Waals surface area (Å²) in [5.41, 5.74) is 2.21. The molecule has 0 aliphatic heterocycles. The van der Waals surface area contributed by atoms with Crippen LogP contribution in [0.15, 0.2) is 24.5 Å². The van der Waals surface area contributed by atoms with Crippen molar-refractivity contribution < 1.29 is 4.74 Å². The monoisotopic (exact) mass is 359 g/mol. The SMILES string of the molecule is COc1ccc(Cl)cc1Nc1ncnc2sc3c(c12)CCC(C)C3. The molecule has 0 saturated carbocycles. The molecule has 6 heteroatoms. The third kappa shape index (κ3) is 2.72. The van der Waals surface area contributed by atoms with E-state index in [0.717, 1.165) is 46.2 Å². The minimum Gasteiger partial charge on any atom is -0.495 e. The zero-order valence-corrected chi connectivity index (χ0v) is 15.2. The largest absolute Gasteiger partial charge is 0.495 e. The van der Waals surface area contributed by atoms with Crippen LogP contribution in [-0.2, 0) is 12.8 Å². The first-order valence-electron chi connectivity index (χ1n) is 8.01. The normalized spacial score (nSPS) is 16.9. The summed E-state index contributed by atoms with van der Waals surface area (Å²) in [4.78, 5) is 11.5. The van der Waals surface area contributed by atoms with Gasteiger partial charge in [0.2, 0.25) is 0 Å². The van der Waals surface area contributed by atoms with Gasteiger partial charge in [0.15, 0.2) is 0 Å². The smallest absolute Gasteiger partial charge is 0.142 e. The maximum absolute atomic E-state index is 6.14. The number of fused-ring (bicyclic) bond motifs is 3. The standard InChI is InChI=1S/C18H18ClN3OS/c1-10-3-5-12-15(7-10)24-18-16(12)17(20-9-21-18)22-13-8-11(19)4-6-14(13)23-2/h4,6,8-10H,3,5,7H2,1-2H3,(H,20,21,22). The number of halogens is 1. The number of aryl methyl sites for hydroxylation is 1. The molecule has 4 nitrogen and oxygen atoms in total. The Labute approximate surface area is 149 Å². The van der Waals surface area contributed by atoms with Crippen molar-refractivity contribution in [2.45, 2.75) is 26.2 Å². The Balaban J connectivity index is 1.82. The molecule has 24 heavy (non-hydrogen) atoms. The van der Waals surface area contributed by atoms with Gasteiger partial charge in [-0.05, 0) is 48.9 Å². The summed E-state index contributed by atoms with van der Waals surface area (Å²) in [6.45, 7) is 2.31. The Morgan fingerprint density at radius 2 is 2.21 bits per heavy atom. The zero-order valence-electron chi connectivity index (χ0n) is 13.6. The second kappa shape index (κ2) is 6.22. The van der Waals surface area contributed by atoms with E-state index in [1.165, 1.54) is 16.9 Å². The van der Waals surface area contributed by atoms with Crippen molar-refractivity contribution in [2.75, 3.05) is 12.4 Å². The molecule has 4 rings (SSSR count). The van der Waals surface area contributed by atoms with Gasteiger partial charge in [0.25, 0.3) is 0 Å². The number of hydrogen-bond acceptors (Lipinski definition) is 5. The van der Waals surface area contributed by atoms with Crippen LogP contribution in [-0.4, -0.2) is 17.1 Å². The van der Waals surface area contributed by atoms with Crippen molar-refractivity contribution in [1.29, 1.82) is 0 Å². The fourth-order valence-electron chi connectivity index (χ4n) is 3.28. The molecule has 0 amide bonds. The number of anilines is 2. The molecule has 1 N–H and O–H groups in total. The topological polar surface area (TPSA) is 47.0 Å². The van der Waals surface area contributed by atoms with Gasteiger partial charge in [-0.3, -0.25) is 0 Å². The maximum Gasteiger partial charge on any atom is 0.142 e. The molecule has 2 heterocycles.